The number of hydrogen-bond acceptors (Lipinski definition) is 5. The highest BCUT2D eigenvalue weighted by molar-refractivity contribution is 7.89. The lowest BCUT2D eigenvalue weighted by atomic mass is 10.1. The molecule has 0 aromatic heterocycles. The van der Waals surface area contributed by atoms with Crippen molar-refractivity contribution >= 4 is 27.4 Å². The Balaban J connectivity index is 1.53. The number of carbonyl (C=O) groups is 2. The maximum atomic E-state index is 13.3. The zero-order valence-corrected chi connectivity index (χ0v) is 20.1. The van der Waals surface area contributed by atoms with Gasteiger partial charge < -0.3 is 9.64 Å². The molecule has 1 N–H and O–H groups in total. The highest BCUT2D eigenvalue weighted by atomic mass is 32.2. The van der Waals surface area contributed by atoms with Crippen LogP contribution in [0.5, 0.6) is 5.75 Å². The van der Waals surface area contributed by atoms with Crippen molar-refractivity contribution < 1.29 is 22.7 Å². The maximum absolute atomic E-state index is 13.3. The van der Waals surface area contributed by atoms with Crippen LogP contribution in [0.1, 0.15) is 45.7 Å². The fourth-order valence-electron chi connectivity index (χ4n) is 4.08. The SMILES string of the molecule is COc1ccc(C(=O)N2c3cc(CNS(=O)(=O)c4ccc(C(C)=O)cc4)ccc3CC2C)cc1. The quantitative estimate of drug-likeness (QED) is 0.519. The van der Waals surface area contributed by atoms with Crippen LogP contribution in [0.2, 0.25) is 0 Å². The van der Waals surface area contributed by atoms with Gasteiger partial charge in [0.05, 0.1) is 12.0 Å². The van der Waals surface area contributed by atoms with Gasteiger partial charge in [-0.2, -0.15) is 0 Å². The van der Waals surface area contributed by atoms with Crippen molar-refractivity contribution in [2.75, 3.05) is 12.0 Å². The Kier molecular flexibility index (Phi) is 6.54. The zero-order chi connectivity index (χ0) is 24.5. The van der Waals surface area contributed by atoms with Crippen molar-refractivity contribution in [1.29, 1.82) is 0 Å². The molecule has 1 atom stereocenters. The van der Waals surface area contributed by atoms with E-state index in [1.54, 1.807) is 36.3 Å². The first kappa shape index (κ1) is 23.7. The lowest BCUT2D eigenvalue weighted by Gasteiger charge is -2.23. The number of rotatable bonds is 7. The molecule has 0 aliphatic carbocycles. The van der Waals surface area contributed by atoms with Crippen molar-refractivity contribution in [2.24, 2.45) is 0 Å². The molecular formula is C26H26N2O5S. The van der Waals surface area contributed by atoms with Crippen LogP contribution in [0.4, 0.5) is 5.69 Å². The van der Waals surface area contributed by atoms with Crippen molar-refractivity contribution in [3.05, 3.63) is 89.0 Å². The molecule has 1 unspecified atom stereocenters. The van der Waals surface area contributed by atoms with E-state index >= 15 is 0 Å². The molecule has 1 aliphatic rings. The molecule has 1 amide bonds. The highest BCUT2D eigenvalue weighted by Gasteiger charge is 2.31. The monoisotopic (exact) mass is 478 g/mol. The van der Waals surface area contributed by atoms with Gasteiger partial charge in [-0.3, -0.25) is 9.59 Å². The van der Waals surface area contributed by atoms with Gasteiger partial charge in [0.1, 0.15) is 5.75 Å². The summed E-state index contributed by atoms with van der Waals surface area (Å²) in [5.41, 5.74) is 3.58. The van der Waals surface area contributed by atoms with E-state index < -0.39 is 10.0 Å². The molecule has 0 fully saturated rings. The molecule has 8 heteroatoms. The fourth-order valence-corrected chi connectivity index (χ4v) is 5.09. The first-order chi connectivity index (χ1) is 16.2. The van der Waals surface area contributed by atoms with E-state index in [9.17, 15) is 18.0 Å². The molecule has 1 aliphatic heterocycles. The number of fused-ring (bicyclic) bond motifs is 1. The average Bonchev–Trinajstić information content (AvgIpc) is 3.17. The minimum Gasteiger partial charge on any atom is -0.497 e. The number of methoxy groups -OCH3 is 1. The lowest BCUT2D eigenvalue weighted by Crippen LogP contribution is -2.35. The normalized spacial score (nSPS) is 15.1. The second-order valence-corrected chi connectivity index (χ2v) is 10.1. The Morgan fingerprint density at radius 2 is 1.65 bits per heavy atom. The topological polar surface area (TPSA) is 92.8 Å². The van der Waals surface area contributed by atoms with E-state index in [2.05, 4.69) is 4.72 Å². The number of benzene rings is 3. The third-order valence-electron chi connectivity index (χ3n) is 5.96. The summed E-state index contributed by atoms with van der Waals surface area (Å²) >= 11 is 0. The average molecular weight is 479 g/mol. The molecule has 0 saturated carbocycles. The van der Waals surface area contributed by atoms with Crippen LogP contribution in [0, 0.1) is 0 Å². The Morgan fingerprint density at radius 1 is 1.00 bits per heavy atom. The second-order valence-electron chi connectivity index (χ2n) is 8.32. The molecule has 0 bridgehead atoms. The number of carbonyl (C=O) groups excluding carboxylic acids is 2. The summed E-state index contributed by atoms with van der Waals surface area (Å²) in [6.45, 7) is 3.50. The number of ether oxygens (including phenoxy) is 1. The number of nitrogens with one attached hydrogen (secondary N) is 1. The largest absolute Gasteiger partial charge is 0.497 e. The zero-order valence-electron chi connectivity index (χ0n) is 19.2. The van der Waals surface area contributed by atoms with E-state index in [0.29, 0.717) is 16.9 Å². The number of anilines is 1. The first-order valence-corrected chi connectivity index (χ1v) is 12.4. The van der Waals surface area contributed by atoms with E-state index in [1.165, 1.54) is 31.2 Å². The Bertz CT molecular complexity index is 1330. The molecule has 0 spiro atoms. The molecule has 0 saturated heterocycles. The van der Waals surface area contributed by atoms with Crippen LogP contribution in [-0.2, 0) is 23.0 Å². The van der Waals surface area contributed by atoms with Gasteiger partial charge in [-0.15, -0.1) is 0 Å². The number of sulfonamides is 1. The molecular weight excluding hydrogens is 452 g/mol. The smallest absolute Gasteiger partial charge is 0.258 e. The van der Waals surface area contributed by atoms with Crippen LogP contribution < -0.4 is 14.4 Å². The van der Waals surface area contributed by atoms with Crippen LogP contribution in [0.15, 0.2) is 71.6 Å². The van der Waals surface area contributed by atoms with Gasteiger partial charge in [0.15, 0.2) is 5.78 Å². The molecule has 34 heavy (non-hydrogen) atoms. The Hall–Kier alpha value is -3.49. The van der Waals surface area contributed by atoms with E-state index in [-0.39, 0.29) is 29.2 Å². The second kappa shape index (κ2) is 9.40. The molecule has 3 aromatic rings. The van der Waals surface area contributed by atoms with Gasteiger partial charge in [-0.1, -0.05) is 24.3 Å². The van der Waals surface area contributed by atoms with Gasteiger partial charge in [-0.25, -0.2) is 13.1 Å². The van der Waals surface area contributed by atoms with Crippen molar-refractivity contribution in [1.82, 2.24) is 4.72 Å². The first-order valence-electron chi connectivity index (χ1n) is 10.9. The van der Waals surface area contributed by atoms with Gasteiger partial charge in [0.25, 0.3) is 5.91 Å². The number of hydrogen-bond donors (Lipinski definition) is 1. The van der Waals surface area contributed by atoms with Crippen LogP contribution in [0.3, 0.4) is 0 Å². The third-order valence-corrected chi connectivity index (χ3v) is 7.38. The molecule has 3 aromatic carbocycles. The summed E-state index contributed by atoms with van der Waals surface area (Å²) in [5, 5.41) is 0. The summed E-state index contributed by atoms with van der Waals surface area (Å²) in [4.78, 5) is 26.5. The summed E-state index contributed by atoms with van der Waals surface area (Å²) in [5.74, 6) is 0.437. The summed E-state index contributed by atoms with van der Waals surface area (Å²) < 4.78 is 33.2. The number of Topliss-reactive ketones (excluding diaryl/α,β-unsaturated/α-hetero) is 1. The Morgan fingerprint density at radius 3 is 2.26 bits per heavy atom. The minimum absolute atomic E-state index is 0.0173. The van der Waals surface area contributed by atoms with Crippen molar-refractivity contribution in [3.63, 3.8) is 0 Å². The van der Waals surface area contributed by atoms with Gasteiger partial charge in [0.2, 0.25) is 10.0 Å². The predicted octanol–water partition coefficient (Wildman–Crippen LogP) is 3.97. The van der Waals surface area contributed by atoms with Crippen molar-refractivity contribution in [3.8, 4) is 5.75 Å². The van der Waals surface area contributed by atoms with Crippen LogP contribution in [0.25, 0.3) is 0 Å². The Labute approximate surface area is 199 Å². The molecule has 1 heterocycles. The molecule has 176 valence electrons. The van der Waals surface area contributed by atoms with E-state index in [1.807, 2.05) is 25.1 Å². The van der Waals surface area contributed by atoms with E-state index in [4.69, 9.17) is 4.74 Å². The minimum atomic E-state index is -3.76. The summed E-state index contributed by atoms with van der Waals surface area (Å²) in [6, 6.07) is 18.5. The molecule has 4 rings (SSSR count). The predicted molar refractivity (Wildman–Crippen MR) is 130 cm³/mol. The van der Waals surface area contributed by atoms with Gasteiger partial charge in [0, 0.05) is 29.4 Å². The number of nitrogens with zero attached hydrogens (tertiary/aromatic N) is 1. The summed E-state index contributed by atoms with van der Waals surface area (Å²) in [7, 11) is -2.18. The van der Waals surface area contributed by atoms with Crippen LogP contribution in [-0.4, -0.2) is 33.3 Å². The highest BCUT2D eigenvalue weighted by Crippen LogP contribution is 2.34. The van der Waals surface area contributed by atoms with Crippen molar-refractivity contribution in [2.45, 2.75) is 37.8 Å². The van der Waals surface area contributed by atoms with Crippen LogP contribution >= 0.6 is 0 Å². The number of amides is 1. The summed E-state index contributed by atoms with van der Waals surface area (Å²) in [6.07, 6.45) is 0.728. The van der Waals surface area contributed by atoms with Gasteiger partial charge >= 0.3 is 0 Å². The third kappa shape index (κ3) is 4.73. The molecule has 0 radical (unpaired) electrons. The lowest BCUT2D eigenvalue weighted by molar-refractivity contribution is 0.0979. The van der Waals surface area contributed by atoms with E-state index in [0.717, 1.165) is 23.2 Å². The number of ketones is 1. The maximum Gasteiger partial charge on any atom is 0.258 e. The fraction of sp³-hybridized carbons (Fsp3) is 0.231. The molecule has 7 nitrogen and oxygen atoms in total. The van der Waals surface area contributed by atoms with Gasteiger partial charge in [-0.05, 0) is 73.9 Å². The standard InChI is InChI=1S/C26H26N2O5S/c1-17-14-22-5-4-19(16-27-34(31,32)24-12-8-20(9-13-24)18(2)29)15-25(22)28(17)26(30)21-6-10-23(33-3)11-7-21/h4-13,15,17,27H,14,16H2,1-3H3.